The first-order valence-electron chi connectivity index (χ1n) is 9.85. The molecule has 4 heteroatoms. The first-order valence-corrected chi connectivity index (χ1v) is 9.85. The van der Waals surface area contributed by atoms with Gasteiger partial charge in [0.25, 0.3) is 5.91 Å². The SMILES string of the molecule is N#Cc1ccc(C(=O)N2CC[C@@H]3C[C@H]2c2cc(-c4ccc(F)cc4)ccc23)cc1. The first kappa shape index (κ1) is 17.6. The van der Waals surface area contributed by atoms with Gasteiger partial charge in [0.1, 0.15) is 5.82 Å². The summed E-state index contributed by atoms with van der Waals surface area (Å²) in [5.74, 6) is 0.255. The maximum absolute atomic E-state index is 13.3. The number of halogens is 1. The third-order valence-corrected chi connectivity index (χ3v) is 6.19. The maximum Gasteiger partial charge on any atom is 0.254 e. The molecule has 2 atom stereocenters. The minimum Gasteiger partial charge on any atom is -0.332 e. The zero-order valence-electron chi connectivity index (χ0n) is 15.8. The third-order valence-electron chi connectivity index (χ3n) is 6.19. The number of piperidine rings is 1. The quantitative estimate of drug-likeness (QED) is 0.592. The second-order valence-corrected chi connectivity index (χ2v) is 7.78. The molecule has 3 aromatic carbocycles. The molecule has 29 heavy (non-hydrogen) atoms. The lowest BCUT2D eigenvalue weighted by Gasteiger charge is -2.34. The Morgan fingerprint density at radius 3 is 2.41 bits per heavy atom. The topological polar surface area (TPSA) is 44.1 Å². The van der Waals surface area contributed by atoms with Gasteiger partial charge in [0, 0.05) is 12.1 Å². The van der Waals surface area contributed by atoms with Crippen molar-refractivity contribution in [2.24, 2.45) is 0 Å². The van der Waals surface area contributed by atoms with Crippen molar-refractivity contribution in [3.05, 3.63) is 94.8 Å². The third kappa shape index (κ3) is 3.00. The van der Waals surface area contributed by atoms with Crippen LogP contribution in [-0.2, 0) is 0 Å². The molecule has 0 radical (unpaired) electrons. The summed E-state index contributed by atoms with van der Waals surface area (Å²) in [7, 11) is 0. The predicted molar refractivity (Wildman–Crippen MR) is 109 cm³/mol. The van der Waals surface area contributed by atoms with Crippen LogP contribution in [0, 0.1) is 17.1 Å². The summed E-state index contributed by atoms with van der Waals surface area (Å²) >= 11 is 0. The van der Waals surface area contributed by atoms with E-state index in [9.17, 15) is 9.18 Å². The molecule has 0 unspecified atom stereocenters. The van der Waals surface area contributed by atoms with E-state index in [1.54, 1.807) is 36.4 Å². The summed E-state index contributed by atoms with van der Waals surface area (Å²) in [4.78, 5) is 15.2. The van der Waals surface area contributed by atoms with Crippen LogP contribution in [0.5, 0.6) is 0 Å². The van der Waals surface area contributed by atoms with Crippen LogP contribution in [0.25, 0.3) is 11.1 Å². The fraction of sp³-hybridized carbons (Fsp3) is 0.200. The van der Waals surface area contributed by atoms with Crippen LogP contribution >= 0.6 is 0 Å². The minimum atomic E-state index is -0.245. The summed E-state index contributed by atoms with van der Waals surface area (Å²) in [6, 6.07) is 22.0. The van der Waals surface area contributed by atoms with Crippen molar-refractivity contribution in [3.63, 3.8) is 0 Å². The number of fused-ring (bicyclic) bond motifs is 5. The van der Waals surface area contributed by atoms with Gasteiger partial charge in [-0.3, -0.25) is 4.79 Å². The summed E-state index contributed by atoms with van der Waals surface area (Å²) in [5.41, 5.74) is 5.72. The van der Waals surface area contributed by atoms with Gasteiger partial charge in [0.15, 0.2) is 0 Å². The molecule has 0 saturated carbocycles. The number of carbonyl (C=O) groups excluding carboxylic acids is 1. The van der Waals surface area contributed by atoms with E-state index in [0.717, 1.165) is 30.5 Å². The standard InChI is InChI=1S/C25H19FN2O/c26-21-8-5-17(6-9-21)19-7-10-22-20-11-12-28(24(14-20)23(22)13-19)25(29)18-3-1-16(15-27)2-4-18/h1-10,13,20,24H,11-12,14H2/t20-,24+/m1/s1. The van der Waals surface area contributed by atoms with Gasteiger partial charge in [-0.05, 0) is 83.5 Å². The number of likely N-dealkylation sites (tertiary alicyclic amines) is 1. The molecule has 0 aromatic heterocycles. The van der Waals surface area contributed by atoms with Gasteiger partial charge in [-0.25, -0.2) is 4.39 Å². The molecule has 142 valence electrons. The van der Waals surface area contributed by atoms with Crippen LogP contribution in [-0.4, -0.2) is 17.4 Å². The largest absolute Gasteiger partial charge is 0.332 e. The van der Waals surface area contributed by atoms with Gasteiger partial charge in [0.05, 0.1) is 17.7 Å². The number of rotatable bonds is 2. The highest BCUT2D eigenvalue weighted by Gasteiger charge is 2.41. The average molecular weight is 382 g/mol. The Labute approximate surface area is 169 Å². The lowest BCUT2D eigenvalue weighted by Crippen LogP contribution is -2.37. The number of nitrogens with zero attached hydrogens (tertiary/aromatic N) is 2. The average Bonchev–Trinajstić information content (AvgIpc) is 3.05. The molecule has 0 N–H and O–H groups in total. The Morgan fingerprint density at radius 2 is 1.69 bits per heavy atom. The molecule has 1 heterocycles. The molecular weight excluding hydrogens is 363 g/mol. The molecule has 2 aliphatic rings. The van der Waals surface area contributed by atoms with E-state index < -0.39 is 0 Å². The number of hydrogen-bond donors (Lipinski definition) is 0. The minimum absolute atomic E-state index is 0.0120. The van der Waals surface area contributed by atoms with Crippen LogP contribution < -0.4 is 0 Å². The van der Waals surface area contributed by atoms with E-state index in [4.69, 9.17) is 5.26 Å². The van der Waals surface area contributed by atoms with E-state index >= 15 is 0 Å². The van der Waals surface area contributed by atoms with Crippen molar-refractivity contribution in [1.82, 2.24) is 4.90 Å². The monoisotopic (exact) mass is 382 g/mol. The summed E-state index contributed by atoms with van der Waals surface area (Å²) in [5, 5.41) is 8.98. The van der Waals surface area contributed by atoms with E-state index in [1.807, 2.05) is 4.90 Å². The molecular formula is C25H19FN2O. The molecule has 5 rings (SSSR count). The van der Waals surface area contributed by atoms with Crippen LogP contribution in [0.15, 0.2) is 66.7 Å². The lowest BCUT2D eigenvalue weighted by molar-refractivity contribution is 0.0620. The van der Waals surface area contributed by atoms with Gasteiger partial charge >= 0.3 is 0 Å². The molecule has 1 aliphatic heterocycles. The second-order valence-electron chi connectivity index (χ2n) is 7.78. The zero-order valence-corrected chi connectivity index (χ0v) is 15.8. The Morgan fingerprint density at radius 1 is 0.966 bits per heavy atom. The summed E-state index contributed by atoms with van der Waals surface area (Å²) in [6.07, 6.45) is 1.91. The van der Waals surface area contributed by atoms with Crippen molar-refractivity contribution in [3.8, 4) is 17.2 Å². The normalized spacial score (nSPS) is 19.5. The fourth-order valence-corrected chi connectivity index (χ4v) is 4.70. The van der Waals surface area contributed by atoms with E-state index in [1.165, 1.54) is 23.3 Å². The van der Waals surface area contributed by atoms with Crippen molar-refractivity contribution >= 4 is 5.91 Å². The van der Waals surface area contributed by atoms with E-state index in [2.05, 4.69) is 24.3 Å². The first-order chi connectivity index (χ1) is 14.1. The summed E-state index contributed by atoms with van der Waals surface area (Å²) in [6.45, 7) is 0.731. The van der Waals surface area contributed by atoms with Crippen LogP contribution in [0.4, 0.5) is 4.39 Å². The Bertz CT molecular complexity index is 1130. The highest BCUT2D eigenvalue weighted by Crippen LogP contribution is 2.50. The Hall–Kier alpha value is -3.45. The fourth-order valence-electron chi connectivity index (χ4n) is 4.70. The molecule has 0 spiro atoms. The number of amides is 1. The number of hydrogen-bond acceptors (Lipinski definition) is 2. The number of nitriles is 1. The van der Waals surface area contributed by atoms with Gasteiger partial charge in [-0.15, -0.1) is 0 Å². The molecule has 2 bridgehead atoms. The maximum atomic E-state index is 13.3. The molecule has 1 aliphatic carbocycles. The predicted octanol–water partition coefficient (Wildman–Crippen LogP) is 5.44. The van der Waals surface area contributed by atoms with Crippen molar-refractivity contribution in [1.29, 1.82) is 5.26 Å². The van der Waals surface area contributed by atoms with Crippen LogP contribution in [0.1, 0.15) is 51.8 Å². The highest BCUT2D eigenvalue weighted by molar-refractivity contribution is 5.95. The van der Waals surface area contributed by atoms with E-state index in [0.29, 0.717) is 17.0 Å². The molecule has 3 aromatic rings. The number of benzene rings is 3. The molecule has 1 fully saturated rings. The van der Waals surface area contributed by atoms with Crippen LogP contribution in [0.2, 0.25) is 0 Å². The van der Waals surface area contributed by atoms with Gasteiger partial charge in [-0.1, -0.05) is 24.3 Å². The highest BCUT2D eigenvalue weighted by atomic mass is 19.1. The summed E-state index contributed by atoms with van der Waals surface area (Å²) < 4.78 is 13.3. The van der Waals surface area contributed by atoms with Crippen LogP contribution in [0.3, 0.4) is 0 Å². The van der Waals surface area contributed by atoms with Gasteiger partial charge < -0.3 is 4.90 Å². The van der Waals surface area contributed by atoms with Gasteiger partial charge in [0.2, 0.25) is 0 Å². The van der Waals surface area contributed by atoms with Crippen molar-refractivity contribution in [2.45, 2.75) is 24.8 Å². The Kier molecular flexibility index (Phi) is 4.17. The number of carbonyl (C=O) groups is 1. The van der Waals surface area contributed by atoms with Crippen molar-refractivity contribution < 1.29 is 9.18 Å². The molecule has 1 saturated heterocycles. The molecule has 3 nitrogen and oxygen atoms in total. The van der Waals surface area contributed by atoms with E-state index in [-0.39, 0.29) is 17.8 Å². The van der Waals surface area contributed by atoms with Crippen molar-refractivity contribution in [2.75, 3.05) is 6.54 Å². The molecule has 1 amide bonds. The smallest absolute Gasteiger partial charge is 0.254 e. The lowest BCUT2D eigenvalue weighted by atomic mass is 9.94. The zero-order chi connectivity index (χ0) is 20.0. The Balaban J connectivity index is 1.49. The second kappa shape index (κ2) is 6.86. The van der Waals surface area contributed by atoms with Gasteiger partial charge in [-0.2, -0.15) is 5.26 Å².